The summed E-state index contributed by atoms with van der Waals surface area (Å²) in [5.41, 5.74) is 2.98. The molecule has 0 aliphatic rings. The number of hydrogen-bond donors (Lipinski definition) is 1. The van der Waals surface area contributed by atoms with E-state index in [-0.39, 0.29) is 18.1 Å². The molecular weight excluding hydrogens is 428 g/mol. The first-order valence-corrected chi connectivity index (χ1v) is 10.1. The Kier molecular flexibility index (Phi) is 7.17. The molecule has 10 heteroatoms. The molecule has 0 aliphatic carbocycles. The van der Waals surface area contributed by atoms with Gasteiger partial charge in [-0.2, -0.15) is 5.10 Å². The highest BCUT2D eigenvalue weighted by molar-refractivity contribution is 5.94. The molecule has 1 N–H and O–H groups in total. The van der Waals surface area contributed by atoms with Crippen LogP contribution in [0.3, 0.4) is 0 Å². The van der Waals surface area contributed by atoms with E-state index in [1.807, 2.05) is 0 Å². The number of amides is 1. The number of aryl methyl sites for hydroxylation is 1. The van der Waals surface area contributed by atoms with Crippen LogP contribution in [0.1, 0.15) is 32.9 Å². The Morgan fingerprint density at radius 3 is 2.18 bits per heavy atom. The van der Waals surface area contributed by atoms with Gasteiger partial charge in [0.15, 0.2) is 11.5 Å². The van der Waals surface area contributed by atoms with Gasteiger partial charge in [-0.3, -0.25) is 19.6 Å². The molecule has 0 atom stereocenters. The van der Waals surface area contributed by atoms with Gasteiger partial charge in [-0.25, -0.2) is 0 Å². The van der Waals surface area contributed by atoms with Crippen molar-refractivity contribution in [2.24, 2.45) is 0 Å². The fourth-order valence-corrected chi connectivity index (χ4v) is 3.55. The summed E-state index contributed by atoms with van der Waals surface area (Å²) < 4.78 is 17.6. The van der Waals surface area contributed by atoms with Gasteiger partial charge in [-0.1, -0.05) is 12.1 Å². The van der Waals surface area contributed by atoms with E-state index in [0.29, 0.717) is 40.7 Å². The second-order valence-corrected chi connectivity index (χ2v) is 7.33. The Bertz CT molecular complexity index is 1170. The molecule has 1 amide bonds. The van der Waals surface area contributed by atoms with Crippen molar-refractivity contribution < 1.29 is 23.9 Å². The van der Waals surface area contributed by atoms with Crippen molar-refractivity contribution in [1.82, 2.24) is 15.1 Å². The van der Waals surface area contributed by atoms with Crippen LogP contribution in [0, 0.1) is 24.0 Å². The minimum atomic E-state index is -0.422. The SMILES string of the molecule is COc1cc(OC)c(OC)cc1CNC(=O)c1ccc(Cn2nc(C)c([N+](=O)[O-])c2C)cc1. The molecule has 3 rings (SSSR count). The van der Waals surface area contributed by atoms with Crippen LogP contribution in [0.2, 0.25) is 0 Å². The summed E-state index contributed by atoms with van der Waals surface area (Å²) in [6.07, 6.45) is 0. The van der Waals surface area contributed by atoms with E-state index in [0.717, 1.165) is 11.1 Å². The maximum atomic E-state index is 12.6. The number of methoxy groups -OCH3 is 3. The monoisotopic (exact) mass is 454 g/mol. The maximum absolute atomic E-state index is 12.6. The van der Waals surface area contributed by atoms with Crippen LogP contribution in [0.4, 0.5) is 5.69 Å². The number of nitrogens with zero attached hydrogens (tertiary/aromatic N) is 3. The van der Waals surface area contributed by atoms with Gasteiger partial charge in [0.25, 0.3) is 5.91 Å². The molecule has 174 valence electrons. The zero-order valence-corrected chi connectivity index (χ0v) is 19.2. The van der Waals surface area contributed by atoms with Gasteiger partial charge in [0.2, 0.25) is 0 Å². The number of ether oxygens (including phenoxy) is 3. The summed E-state index contributed by atoms with van der Waals surface area (Å²) in [5, 5.41) is 18.3. The minimum absolute atomic E-state index is 0.0246. The first-order valence-electron chi connectivity index (χ1n) is 10.1. The zero-order chi connectivity index (χ0) is 24.1. The Balaban J connectivity index is 1.69. The Morgan fingerprint density at radius 2 is 1.64 bits per heavy atom. The van der Waals surface area contributed by atoms with Crippen LogP contribution in [-0.4, -0.2) is 41.9 Å². The van der Waals surface area contributed by atoms with E-state index >= 15 is 0 Å². The first kappa shape index (κ1) is 23.6. The number of aromatic nitrogens is 2. The average Bonchev–Trinajstić information content (AvgIpc) is 3.09. The third-order valence-electron chi connectivity index (χ3n) is 5.30. The second-order valence-electron chi connectivity index (χ2n) is 7.33. The van der Waals surface area contributed by atoms with Crippen molar-refractivity contribution in [3.8, 4) is 17.2 Å². The van der Waals surface area contributed by atoms with E-state index in [2.05, 4.69) is 10.4 Å². The molecule has 0 spiro atoms. The summed E-state index contributed by atoms with van der Waals surface area (Å²) in [5.74, 6) is 1.40. The number of nitrogens with one attached hydrogen (secondary N) is 1. The third kappa shape index (κ3) is 5.05. The van der Waals surface area contributed by atoms with Crippen LogP contribution in [-0.2, 0) is 13.1 Å². The van der Waals surface area contributed by atoms with Gasteiger partial charge in [-0.15, -0.1) is 0 Å². The number of rotatable bonds is 9. The zero-order valence-electron chi connectivity index (χ0n) is 19.2. The van der Waals surface area contributed by atoms with Gasteiger partial charge in [0.1, 0.15) is 17.1 Å². The maximum Gasteiger partial charge on any atom is 0.312 e. The molecule has 33 heavy (non-hydrogen) atoms. The summed E-state index contributed by atoms with van der Waals surface area (Å²) >= 11 is 0. The van der Waals surface area contributed by atoms with E-state index in [1.54, 1.807) is 76.3 Å². The normalized spacial score (nSPS) is 10.6. The molecule has 10 nitrogen and oxygen atoms in total. The highest BCUT2D eigenvalue weighted by Crippen LogP contribution is 2.34. The summed E-state index contributed by atoms with van der Waals surface area (Å²) in [4.78, 5) is 23.4. The minimum Gasteiger partial charge on any atom is -0.496 e. The number of carbonyl (C=O) groups excluding carboxylic acids is 1. The lowest BCUT2D eigenvalue weighted by Gasteiger charge is -2.14. The predicted octanol–water partition coefficient (Wildman–Crippen LogP) is 3.41. The quantitative estimate of drug-likeness (QED) is 0.389. The van der Waals surface area contributed by atoms with Crippen LogP contribution in [0.15, 0.2) is 36.4 Å². The largest absolute Gasteiger partial charge is 0.496 e. The smallest absolute Gasteiger partial charge is 0.312 e. The van der Waals surface area contributed by atoms with E-state index in [4.69, 9.17) is 14.2 Å². The van der Waals surface area contributed by atoms with Gasteiger partial charge >= 0.3 is 5.69 Å². The van der Waals surface area contributed by atoms with Crippen molar-refractivity contribution in [2.75, 3.05) is 21.3 Å². The first-order chi connectivity index (χ1) is 15.8. The van der Waals surface area contributed by atoms with Crippen molar-refractivity contribution in [3.05, 3.63) is 74.6 Å². The second kappa shape index (κ2) is 10.0. The highest BCUT2D eigenvalue weighted by atomic mass is 16.6. The molecule has 0 unspecified atom stereocenters. The number of nitro groups is 1. The average molecular weight is 454 g/mol. The molecule has 0 radical (unpaired) electrons. The fraction of sp³-hybridized carbons (Fsp3) is 0.304. The molecule has 2 aromatic carbocycles. The van der Waals surface area contributed by atoms with Crippen molar-refractivity contribution in [1.29, 1.82) is 0 Å². The molecule has 3 aromatic rings. The van der Waals surface area contributed by atoms with Crippen LogP contribution >= 0.6 is 0 Å². The molecule has 0 bridgehead atoms. The predicted molar refractivity (Wildman–Crippen MR) is 121 cm³/mol. The van der Waals surface area contributed by atoms with Crippen molar-refractivity contribution in [3.63, 3.8) is 0 Å². The standard InChI is InChI=1S/C23H26N4O6/c1-14-22(27(29)30)15(2)26(25-14)13-16-6-8-17(9-7-16)23(28)24-12-18-10-20(32-4)21(33-5)11-19(18)31-3/h6-11H,12-13H2,1-5H3,(H,24,28). The number of hydrogen-bond acceptors (Lipinski definition) is 7. The molecule has 0 saturated heterocycles. The van der Waals surface area contributed by atoms with E-state index in [9.17, 15) is 14.9 Å². The highest BCUT2D eigenvalue weighted by Gasteiger charge is 2.21. The third-order valence-corrected chi connectivity index (χ3v) is 5.30. The molecule has 1 aromatic heterocycles. The van der Waals surface area contributed by atoms with Gasteiger partial charge < -0.3 is 19.5 Å². The lowest BCUT2D eigenvalue weighted by Crippen LogP contribution is -2.23. The Morgan fingerprint density at radius 1 is 1.03 bits per heavy atom. The molecule has 0 saturated carbocycles. The summed E-state index contributed by atoms with van der Waals surface area (Å²) in [7, 11) is 4.62. The van der Waals surface area contributed by atoms with Crippen molar-refractivity contribution in [2.45, 2.75) is 26.9 Å². The summed E-state index contributed by atoms with van der Waals surface area (Å²) in [6, 6.07) is 10.5. The molecule has 0 aliphatic heterocycles. The van der Waals surface area contributed by atoms with Crippen molar-refractivity contribution >= 4 is 11.6 Å². The molecular formula is C23H26N4O6. The van der Waals surface area contributed by atoms with Crippen LogP contribution < -0.4 is 19.5 Å². The number of carbonyl (C=O) groups is 1. The lowest BCUT2D eigenvalue weighted by atomic mass is 10.1. The van der Waals surface area contributed by atoms with Gasteiger partial charge in [-0.05, 0) is 37.6 Å². The topological polar surface area (TPSA) is 118 Å². The number of benzene rings is 2. The molecule has 1 heterocycles. The Labute approximate surface area is 191 Å². The Hall–Kier alpha value is -4.08. The van der Waals surface area contributed by atoms with Gasteiger partial charge in [0.05, 0.1) is 32.8 Å². The lowest BCUT2D eigenvalue weighted by molar-refractivity contribution is -0.386. The molecule has 0 fully saturated rings. The van der Waals surface area contributed by atoms with Gasteiger partial charge in [0, 0.05) is 23.7 Å². The fourth-order valence-electron chi connectivity index (χ4n) is 3.55. The van der Waals surface area contributed by atoms with E-state index < -0.39 is 4.92 Å². The van der Waals surface area contributed by atoms with Crippen LogP contribution in [0.25, 0.3) is 0 Å². The van der Waals surface area contributed by atoms with Crippen LogP contribution in [0.5, 0.6) is 17.2 Å². The summed E-state index contributed by atoms with van der Waals surface area (Å²) in [6.45, 7) is 3.88. The van der Waals surface area contributed by atoms with E-state index in [1.165, 1.54) is 0 Å².